The van der Waals surface area contributed by atoms with Gasteiger partial charge in [-0.3, -0.25) is 9.79 Å². The lowest BCUT2D eigenvalue weighted by molar-refractivity contribution is -0.134. The Labute approximate surface area is 276 Å². The number of nitrogens with one attached hydrogen (secondary N) is 1. The van der Waals surface area contributed by atoms with Crippen molar-refractivity contribution in [1.29, 1.82) is 0 Å². The number of aliphatic carboxylic acids is 1. The van der Waals surface area contributed by atoms with Gasteiger partial charge in [-0.15, -0.1) is 0 Å². The zero-order chi connectivity index (χ0) is 32.6. The van der Waals surface area contributed by atoms with Crippen LogP contribution in [0.1, 0.15) is 226 Å². The molecule has 0 unspecified atom stereocenters. The van der Waals surface area contributed by atoms with Gasteiger partial charge in [0.05, 0.1) is 0 Å². The number of unbranched alkanes of at least 4 members (excludes halogenated alkanes) is 30. The maximum absolute atomic E-state index is 9.00. The zero-order valence-corrected chi connectivity index (χ0v) is 30.4. The molecule has 5 nitrogen and oxygen atoms in total. The van der Waals surface area contributed by atoms with Crippen LogP contribution in [-0.2, 0) is 4.79 Å². The van der Waals surface area contributed by atoms with E-state index in [2.05, 4.69) is 24.2 Å². The lowest BCUT2D eigenvalue weighted by Crippen LogP contribution is -2.32. The third-order valence-electron chi connectivity index (χ3n) is 8.63. The van der Waals surface area contributed by atoms with Crippen molar-refractivity contribution < 1.29 is 9.90 Å². The zero-order valence-electron chi connectivity index (χ0n) is 30.4. The fourth-order valence-electron chi connectivity index (χ4n) is 5.80. The predicted octanol–water partition coefficient (Wildman–Crippen LogP) is 12.5. The summed E-state index contributed by atoms with van der Waals surface area (Å²) < 4.78 is 0. The van der Waals surface area contributed by atoms with E-state index in [9.17, 15) is 0 Å². The van der Waals surface area contributed by atoms with E-state index in [4.69, 9.17) is 15.6 Å². The summed E-state index contributed by atoms with van der Waals surface area (Å²) in [6.45, 7) is 7.54. The van der Waals surface area contributed by atoms with Crippen molar-refractivity contribution in [3.05, 3.63) is 0 Å². The first kappa shape index (κ1) is 44.9. The van der Waals surface area contributed by atoms with Crippen molar-refractivity contribution >= 4 is 11.9 Å². The fraction of sp³-hybridized carbons (Fsp3) is 0.949. The van der Waals surface area contributed by atoms with Crippen LogP contribution in [0.5, 0.6) is 0 Å². The monoisotopic (exact) mass is 624 g/mol. The minimum atomic E-state index is -0.833. The molecule has 0 bridgehead atoms. The highest BCUT2D eigenvalue weighted by Gasteiger charge is 1.97. The summed E-state index contributed by atoms with van der Waals surface area (Å²) in [5, 5.41) is 10.7. The Hall–Kier alpha value is -1.26. The van der Waals surface area contributed by atoms with Crippen LogP contribution in [0.15, 0.2) is 4.99 Å². The largest absolute Gasteiger partial charge is 0.481 e. The molecule has 5 heteroatoms. The molecule has 4 N–H and O–H groups in total. The second-order valence-electron chi connectivity index (χ2n) is 13.3. The Bertz CT molecular complexity index is 564. The third kappa shape index (κ3) is 47.7. The third-order valence-corrected chi connectivity index (χ3v) is 8.63. The summed E-state index contributed by atoms with van der Waals surface area (Å²) in [6.07, 6.45) is 45.2. The van der Waals surface area contributed by atoms with E-state index >= 15 is 0 Å². The van der Waals surface area contributed by atoms with E-state index in [0.717, 1.165) is 20.0 Å². The molecule has 264 valence electrons. The summed E-state index contributed by atoms with van der Waals surface area (Å²) >= 11 is 0. The van der Waals surface area contributed by atoms with Gasteiger partial charge in [-0.2, -0.15) is 0 Å². The Morgan fingerprint density at radius 3 is 0.977 bits per heavy atom. The lowest BCUT2D eigenvalue weighted by Gasteiger charge is -2.06. The Morgan fingerprint density at radius 1 is 0.477 bits per heavy atom. The Balaban J connectivity index is 0. The second-order valence-corrected chi connectivity index (χ2v) is 13.3. The fourth-order valence-corrected chi connectivity index (χ4v) is 5.80. The van der Waals surface area contributed by atoms with Gasteiger partial charge in [0.2, 0.25) is 0 Å². The number of nitrogens with two attached hydrogens (primary N) is 1. The van der Waals surface area contributed by atoms with Crippen LogP contribution in [0.2, 0.25) is 0 Å². The molecule has 0 saturated heterocycles. The van der Waals surface area contributed by atoms with Crippen molar-refractivity contribution in [2.45, 2.75) is 226 Å². The summed E-state index contributed by atoms with van der Waals surface area (Å²) in [7, 11) is 0. The number of carboxylic acid groups (broad SMARTS) is 1. The molecule has 0 radical (unpaired) electrons. The summed E-state index contributed by atoms with van der Waals surface area (Å²) in [5.74, 6) is -0.179. The number of guanidine groups is 1. The number of carbonyl (C=O) groups is 1. The lowest BCUT2D eigenvalue weighted by atomic mass is 10.0. The predicted molar refractivity (Wildman–Crippen MR) is 197 cm³/mol. The van der Waals surface area contributed by atoms with Crippen molar-refractivity contribution in [3.63, 3.8) is 0 Å². The molecule has 0 aromatic rings. The number of aliphatic imine (C=N–C) groups is 1. The Morgan fingerprint density at radius 2 is 0.705 bits per heavy atom. The van der Waals surface area contributed by atoms with Crippen LogP contribution in [0.25, 0.3) is 0 Å². The average Bonchev–Trinajstić information content (AvgIpc) is 3.00. The molecule has 0 aliphatic heterocycles. The van der Waals surface area contributed by atoms with Gasteiger partial charge in [0.15, 0.2) is 5.96 Å². The topological polar surface area (TPSA) is 87.7 Å². The van der Waals surface area contributed by atoms with Crippen LogP contribution in [0.3, 0.4) is 0 Å². The first-order valence-corrected chi connectivity index (χ1v) is 19.8. The van der Waals surface area contributed by atoms with Gasteiger partial charge >= 0.3 is 0 Å². The SMILES string of the molecule is CC(=O)O.CCCCCCCCCCCCCCCCCCN=C(N)NCCCCCCCCCCCCCCCCCC. The quantitative estimate of drug-likeness (QED) is 0.0378. The van der Waals surface area contributed by atoms with Crippen molar-refractivity contribution in [1.82, 2.24) is 5.32 Å². The smallest absolute Gasteiger partial charge is 0.300 e. The van der Waals surface area contributed by atoms with Crippen molar-refractivity contribution in [2.75, 3.05) is 13.1 Å². The molecule has 0 rings (SSSR count). The number of rotatable bonds is 34. The highest BCUT2D eigenvalue weighted by molar-refractivity contribution is 5.77. The molecular weight excluding hydrogens is 542 g/mol. The maximum atomic E-state index is 9.00. The maximum Gasteiger partial charge on any atom is 0.300 e. The molecule has 0 spiro atoms. The van der Waals surface area contributed by atoms with Crippen LogP contribution in [0.4, 0.5) is 0 Å². The minimum Gasteiger partial charge on any atom is -0.481 e. The molecule has 0 aliphatic rings. The highest BCUT2D eigenvalue weighted by Crippen LogP contribution is 2.15. The standard InChI is InChI=1S/C37H77N3.C2H4O2/c1-3-5-7-9-11-13-15-17-19-21-23-25-27-29-31-33-35-39-37(38)40-36-34-32-30-28-26-24-22-20-18-16-14-12-10-8-6-4-2;1-2(3)4/h3-36H2,1-2H3,(H3,38,39,40);1H3,(H,3,4). The van der Waals surface area contributed by atoms with Gasteiger partial charge in [0.1, 0.15) is 0 Å². The molecule has 0 aromatic carbocycles. The highest BCUT2D eigenvalue weighted by atomic mass is 16.4. The summed E-state index contributed by atoms with van der Waals surface area (Å²) in [5.41, 5.74) is 6.05. The number of carboxylic acids is 1. The van der Waals surface area contributed by atoms with Crippen molar-refractivity contribution in [2.24, 2.45) is 10.7 Å². The van der Waals surface area contributed by atoms with E-state index in [1.54, 1.807) is 0 Å². The van der Waals surface area contributed by atoms with E-state index < -0.39 is 5.97 Å². The van der Waals surface area contributed by atoms with Gasteiger partial charge in [0.25, 0.3) is 5.97 Å². The molecule has 0 heterocycles. The van der Waals surface area contributed by atoms with Crippen molar-refractivity contribution in [3.8, 4) is 0 Å². The first-order chi connectivity index (χ1) is 21.5. The summed E-state index contributed by atoms with van der Waals surface area (Å²) in [6, 6.07) is 0. The van der Waals surface area contributed by atoms with Gasteiger partial charge in [-0.1, -0.05) is 206 Å². The van der Waals surface area contributed by atoms with Crippen LogP contribution < -0.4 is 11.1 Å². The first-order valence-electron chi connectivity index (χ1n) is 19.8. The normalized spacial score (nSPS) is 11.4. The molecule has 0 saturated carbocycles. The van der Waals surface area contributed by atoms with Gasteiger partial charge in [-0.05, 0) is 12.8 Å². The van der Waals surface area contributed by atoms with Crippen LogP contribution in [-0.4, -0.2) is 30.1 Å². The number of hydrogen-bond donors (Lipinski definition) is 3. The number of hydrogen-bond acceptors (Lipinski definition) is 2. The van der Waals surface area contributed by atoms with Gasteiger partial charge in [0, 0.05) is 20.0 Å². The second kappa shape index (κ2) is 41.7. The molecule has 0 fully saturated rings. The Kier molecular flexibility index (Phi) is 42.6. The molecular formula is C39H81N3O2. The average molecular weight is 624 g/mol. The molecule has 0 atom stereocenters. The summed E-state index contributed by atoms with van der Waals surface area (Å²) in [4.78, 5) is 13.5. The van der Waals surface area contributed by atoms with E-state index in [0.29, 0.717) is 5.96 Å². The number of nitrogens with zero attached hydrogens (tertiary/aromatic N) is 1. The van der Waals surface area contributed by atoms with E-state index in [1.807, 2.05) is 0 Å². The van der Waals surface area contributed by atoms with E-state index in [-0.39, 0.29) is 0 Å². The van der Waals surface area contributed by atoms with Gasteiger partial charge < -0.3 is 16.2 Å². The molecule has 44 heavy (non-hydrogen) atoms. The van der Waals surface area contributed by atoms with Crippen LogP contribution in [0, 0.1) is 0 Å². The molecule has 0 amide bonds. The molecule has 0 aromatic heterocycles. The van der Waals surface area contributed by atoms with Crippen LogP contribution >= 0.6 is 0 Å². The van der Waals surface area contributed by atoms with Gasteiger partial charge in [-0.25, -0.2) is 0 Å². The minimum absolute atomic E-state index is 0.655. The van der Waals surface area contributed by atoms with E-state index in [1.165, 1.54) is 205 Å². The molecule has 0 aliphatic carbocycles.